The van der Waals surface area contributed by atoms with Gasteiger partial charge in [-0.2, -0.15) is 5.10 Å². The number of sulfonamides is 1. The molecule has 4 aromatic rings. The molecule has 2 aromatic carbocycles. The lowest BCUT2D eigenvalue weighted by molar-refractivity contribution is -0.119. The summed E-state index contributed by atoms with van der Waals surface area (Å²) in [6.07, 6.45) is 7.21. The van der Waals surface area contributed by atoms with Crippen LogP contribution in [0.15, 0.2) is 65.0 Å². The summed E-state index contributed by atoms with van der Waals surface area (Å²) in [5, 5.41) is 6.58. The molecule has 0 saturated heterocycles. The summed E-state index contributed by atoms with van der Waals surface area (Å²) in [6, 6.07) is 14.4. The van der Waals surface area contributed by atoms with Crippen LogP contribution in [-0.2, 0) is 27.8 Å². The van der Waals surface area contributed by atoms with Crippen LogP contribution in [0, 0.1) is 0 Å². The first-order chi connectivity index (χ1) is 17.3. The number of hydrogen-bond acceptors (Lipinski definition) is 5. The zero-order valence-electron chi connectivity index (χ0n) is 19.2. The highest BCUT2D eigenvalue weighted by Gasteiger charge is 2.22. The molecule has 2 heterocycles. The average molecular weight is 561 g/mol. The summed E-state index contributed by atoms with van der Waals surface area (Å²) in [7, 11) is -3.90. The Bertz CT molecular complexity index is 1560. The largest absolute Gasteiger partial charge is 0.274 e. The fourth-order valence-electron chi connectivity index (χ4n) is 4.42. The molecule has 5 rings (SSSR count). The van der Waals surface area contributed by atoms with Crippen molar-refractivity contribution in [3.05, 3.63) is 87.7 Å². The van der Waals surface area contributed by atoms with Crippen molar-refractivity contribution in [1.82, 2.24) is 14.5 Å². The molecule has 0 radical (unpaired) electrons. The number of carbonyl (C=O) groups excluding carboxylic acids is 1. The molecule has 36 heavy (non-hydrogen) atoms. The Hall–Kier alpha value is -2.65. The minimum Gasteiger partial charge on any atom is -0.274 e. The molecule has 1 aliphatic carbocycles. The molecule has 0 aliphatic heterocycles. The van der Waals surface area contributed by atoms with Gasteiger partial charge >= 0.3 is 0 Å². The van der Waals surface area contributed by atoms with Gasteiger partial charge in [-0.1, -0.05) is 53.5 Å². The summed E-state index contributed by atoms with van der Waals surface area (Å²) in [6.45, 7) is 0.510. The summed E-state index contributed by atoms with van der Waals surface area (Å²) in [5.74, 6) is -0.526. The standard InChI is InChI=1S/C26H23Cl2N3O3S2/c27-21-12-11-20(22(28)14-21)16-31-26-17(6-3-8-19(26)15-29-31)7-4-10-24(32)30-36(33,34)25-13-18-5-1-2-9-23(18)35-25/h1-2,5,7,9,11-15H,3-4,6,8,10,16H2,(H,30,32)/b17-7+. The molecule has 1 amide bonds. The summed E-state index contributed by atoms with van der Waals surface area (Å²) in [5.41, 5.74) is 4.24. The maximum atomic E-state index is 12.7. The molecule has 0 unspecified atom stereocenters. The van der Waals surface area contributed by atoms with Crippen LogP contribution in [0.1, 0.15) is 42.5 Å². The Morgan fingerprint density at radius 3 is 2.78 bits per heavy atom. The molecule has 0 saturated carbocycles. The third-order valence-corrected chi connectivity index (χ3v) is 9.67. The average Bonchev–Trinajstić information content (AvgIpc) is 3.46. The van der Waals surface area contributed by atoms with E-state index in [1.165, 1.54) is 0 Å². The topological polar surface area (TPSA) is 81.1 Å². The predicted molar refractivity (Wildman–Crippen MR) is 145 cm³/mol. The Kier molecular flexibility index (Phi) is 7.21. The van der Waals surface area contributed by atoms with Gasteiger partial charge in [0.05, 0.1) is 18.4 Å². The maximum Gasteiger partial charge on any atom is 0.273 e. The highest BCUT2D eigenvalue weighted by molar-refractivity contribution is 7.92. The number of aryl methyl sites for hydroxylation is 1. The number of nitrogens with one attached hydrogen (secondary N) is 1. The van der Waals surface area contributed by atoms with E-state index >= 15 is 0 Å². The van der Waals surface area contributed by atoms with Crippen LogP contribution in [-0.4, -0.2) is 24.1 Å². The van der Waals surface area contributed by atoms with E-state index in [2.05, 4.69) is 9.82 Å². The van der Waals surface area contributed by atoms with Crippen LogP contribution in [0.25, 0.3) is 15.7 Å². The first-order valence-electron chi connectivity index (χ1n) is 11.5. The first kappa shape index (κ1) is 25.0. The number of fused-ring (bicyclic) bond motifs is 2. The number of allylic oxidation sites excluding steroid dienone is 2. The number of aromatic nitrogens is 2. The molecule has 1 N–H and O–H groups in total. The van der Waals surface area contributed by atoms with Crippen LogP contribution < -0.4 is 4.72 Å². The highest BCUT2D eigenvalue weighted by atomic mass is 35.5. The molecule has 10 heteroatoms. The van der Waals surface area contributed by atoms with Gasteiger partial charge < -0.3 is 0 Å². The molecule has 6 nitrogen and oxygen atoms in total. The van der Waals surface area contributed by atoms with Crippen molar-refractivity contribution >= 4 is 66.1 Å². The van der Waals surface area contributed by atoms with Gasteiger partial charge in [-0.25, -0.2) is 13.1 Å². The number of amides is 1. The van der Waals surface area contributed by atoms with Gasteiger partial charge in [0.25, 0.3) is 10.0 Å². The minimum atomic E-state index is -3.90. The number of carbonyl (C=O) groups is 1. The first-order valence-corrected chi connectivity index (χ1v) is 14.6. The smallest absolute Gasteiger partial charge is 0.273 e. The molecule has 0 bridgehead atoms. The molecule has 2 aromatic heterocycles. The van der Waals surface area contributed by atoms with Crippen LogP contribution in [0.4, 0.5) is 0 Å². The zero-order chi connectivity index (χ0) is 25.3. The van der Waals surface area contributed by atoms with Gasteiger partial charge in [0, 0.05) is 21.2 Å². The fourth-order valence-corrected chi connectivity index (χ4v) is 7.30. The van der Waals surface area contributed by atoms with E-state index < -0.39 is 15.9 Å². The second kappa shape index (κ2) is 10.4. The summed E-state index contributed by atoms with van der Waals surface area (Å²) < 4.78 is 30.6. The van der Waals surface area contributed by atoms with Gasteiger partial charge in [-0.15, -0.1) is 11.3 Å². The number of nitrogens with zero attached hydrogens (tertiary/aromatic N) is 2. The van der Waals surface area contributed by atoms with E-state index in [0.717, 1.165) is 63.1 Å². The molecule has 1 aliphatic rings. The SMILES string of the molecule is O=C(CC/C=C1\CCCc2cnn(Cc3ccc(Cl)cc3Cl)c21)NS(=O)(=O)c1cc2ccccc2s1. The fraction of sp³-hybridized carbons (Fsp3) is 0.231. The number of halogens is 2. The third-order valence-electron chi connectivity index (χ3n) is 6.12. The van der Waals surface area contributed by atoms with E-state index in [1.54, 1.807) is 18.2 Å². The van der Waals surface area contributed by atoms with Gasteiger partial charge in [0.15, 0.2) is 0 Å². The number of rotatable bonds is 7. The highest BCUT2D eigenvalue weighted by Crippen LogP contribution is 2.33. The van der Waals surface area contributed by atoms with Crippen molar-refractivity contribution in [2.75, 3.05) is 0 Å². The van der Waals surface area contributed by atoms with Crippen molar-refractivity contribution in [2.24, 2.45) is 0 Å². The van der Waals surface area contributed by atoms with Gasteiger partial charge in [0.2, 0.25) is 5.91 Å². The Morgan fingerprint density at radius 2 is 1.97 bits per heavy atom. The van der Waals surface area contributed by atoms with E-state index in [0.29, 0.717) is 23.0 Å². The summed E-state index contributed by atoms with van der Waals surface area (Å²) in [4.78, 5) is 12.5. The number of thiophene rings is 1. The number of hydrogen-bond donors (Lipinski definition) is 1. The van der Waals surface area contributed by atoms with Crippen LogP contribution in [0.2, 0.25) is 10.0 Å². The Morgan fingerprint density at radius 1 is 1.14 bits per heavy atom. The van der Waals surface area contributed by atoms with Gasteiger partial charge in [-0.05, 0) is 72.0 Å². The minimum absolute atomic E-state index is 0.0696. The van der Waals surface area contributed by atoms with E-state index in [4.69, 9.17) is 23.2 Å². The summed E-state index contributed by atoms with van der Waals surface area (Å²) >= 11 is 13.5. The second-order valence-electron chi connectivity index (χ2n) is 8.67. The van der Waals surface area contributed by atoms with Crippen LogP contribution in [0.3, 0.4) is 0 Å². The zero-order valence-corrected chi connectivity index (χ0v) is 22.4. The van der Waals surface area contributed by atoms with Crippen molar-refractivity contribution < 1.29 is 13.2 Å². The molecular formula is C26H23Cl2N3O3S2. The van der Waals surface area contributed by atoms with Gasteiger partial charge in [0.1, 0.15) is 4.21 Å². The van der Waals surface area contributed by atoms with Crippen molar-refractivity contribution in [3.8, 4) is 0 Å². The number of benzene rings is 2. The lowest BCUT2D eigenvalue weighted by Crippen LogP contribution is -2.29. The lowest BCUT2D eigenvalue weighted by Gasteiger charge is -2.18. The normalized spacial score (nSPS) is 14.8. The van der Waals surface area contributed by atoms with Crippen LogP contribution >= 0.6 is 34.5 Å². The molecule has 186 valence electrons. The monoisotopic (exact) mass is 559 g/mol. The van der Waals surface area contributed by atoms with Crippen LogP contribution in [0.5, 0.6) is 0 Å². The van der Waals surface area contributed by atoms with E-state index in [-0.39, 0.29) is 10.6 Å². The maximum absolute atomic E-state index is 12.7. The third kappa shape index (κ3) is 5.37. The molecule has 0 fully saturated rings. The van der Waals surface area contributed by atoms with Crippen molar-refractivity contribution in [1.29, 1.82) is 0 Å². The predicted octanol–water partition coefficient (Wildman–Crippen LogP) is 6.46. The molecule has 0 atom stereocenters. The van der Waals surface area contributed by atoms with Crippen molar-refractivity contribution in [3.63, 3.8) is 0 Å². The second-order valence-corrected chi connectivity index (χ2v) is 12.5. The van der Waals surface area contributed by atoms with E-state index in [9.17, 15) is 13.2 Å². The lowest BCUT2D eigenvalue weighted by atomic mass is 9.92. The van der Waals surface area contributed by atoms with Crippen molar-refractivity contribution in [2.45, 2.75) is 42.9 Å². The molecular weight excluding hydrogens is 537 g/mol. The Labute approximate surface area is 223 Å². The molecule has 0 spiro atoms. The Balaban J connectivity index is 1.27. The van der Waals surface area contributed by atoms with E-state index in [1.807, 2.05) is 47.3 Å². The van der Waals surface area contributed by atoms with Gasteiger partial charge in [-0.3, -0.25) is 9.48 Å². The quantitative estimate of drug-likeness (QED) is 0.281.